The molecule has 1 aromatic heterocycles. The number of carbonyl (C=O) groups is 1. The number of rotatable bonds is 2. The minimum absolute atomic E-state index is 0.121. The van der Waals surface area contributed by atoms with Crippen LogP contribution in [0.15, 0.2) is 42.7 Å². The number of nitrogens with two attached hydrogens (primary N) is 1. The van der Waals surface area contributed by atoms with Gasteiger partial charge in [0.25, 0.3) is 5.91 Å². The molecule has 18 heavy (non-hydrogen) atoms. The van der Waals surface area contributed by atoms with Gasteiger partial charge < -0.3 is 10.6 Å². The van der Waals surface area contributed by atoms with Crippen molar-refractivity contribution < 1.29 is 9.18 Å². The van der Waals surface area contributed by atoms with Gasteiger partial charge in [0, 0.05) is 18.9 Å². The summed E-state index contributed by atoms with van der Waals surface area (Å²) < 4.78 is 12.9. The van der Waals surface area contributed by atoms with Crippen LogP contribution < -0.4 is 10.6 Å². The lowest BCUT2D eigenvalue weighted by Gasteiger charge is -2.17. The second-order valence-corrected chi connectivity index (χ2v) is 3.81. The molecular formula is C13H12FN3O. The van der Waals surface area contributed by atoms with E-state index >= 15 is 0 Å². The molecule has 1 aromatic carbocycles. The molecule has 0 saturated heterocycles. The van der Waals surface area contributed by atoms with Crippen LogP contribution in [0.4, 0.5) is 15.8 Å². The van der Waals surface area contributed by atoms with Crippen molar-refractivity contribution in [2.24, 2.45) is 0 Å². The molecule has 2 aromatic rings. The SMILES string of the molecule is CN(C(=O)c1ccc(F)cc1N)c1cccnc1. The lowest BCUT2D eigenvalue weighted by molar-refractivity contribution is 0.0994. The Kier molecular flexibility index (Phi) is 3.23. The average Bonchev–Trinajstić information content (AvgIpc) is 2.38. The summed E-state index contributed by atoms with van der Waals surface area (Å²) in [5, 5.41) is 0. The van der Waals surface area contributed by atoms with Crippen molar-refractivity contribution in [3.05, 3.63) is 54.1 Å². The number of aromatic nitrogens is 1. The first-order valence-corrected chi connectivity index (χ1v) is 5.32. The third kappa shape index (κ3) is 2.29. The fraction of sp³-hybridized carbons (Fsp3) is 0.0769. The highest BCUT2D eigenvalue weighted by Gasteiger charge is 2.16. The number of amides is 1. The molecule has 1 amide bonds. The van der Waals surface area contributed by atoms with Gasteiger partial charge in [0.1, 0.15) is 5.82 Å². The van der Waals surface area contributed by atoms with Crippen LogP contribution in [-0.4, -0.2) is 17.9 Å². The van der Waals surface area contributed by atoms with Crippen LogP contribution in [0.3, 0.4) is 0 Å². The van der Waals surface area contributed by atoms with Gasteiger partial charge in [-0.25, -0.2) is 4.39 Å². The van der Waals surface area contributed by atoms with Gasteiger partial charge in [-0.2, -0.15) is 0 Å². The van der Waals surface area contributed by atoms with Gasteiger partial charge in [-0.1, -0.05) is 0 Å². The van der Waals surface area contributed by atoms with Gasteiger partial charge in [0.05, 0.1) is 17.4 Å². The number of nitrogens with zero attached hydrogens (tertiary/aromatic N) is 2. The van der Waals surface area contributed by atoms with Crippen molar-refractivity contribution in [2.75, 3.05) is 17.7 Å². The Bertz CT molecular complexity index is 572. The van der Waals surface area contributed by atoms with Crippen LogP contribution in [-0.2, 0) is 0 Å². The molecule has 0 bridgehead atoms. The van der Waals surface area contributed by atoms with E-state index in [1.165, 1.54) is 17.0 Å². The Hall–Kier alpha value is -2.43. The molecule has 0 aliphatic heterocycles. The van der Waals surface area contributed by atoms with Crippen molar-refractivity contribution in [2.45, 2.75) is 0 Å². The summed E-state index contributed by atoms with van der Waals surface area (Å²) >= 11 is 0. The smallest absolute Gasteiger partial charge is 0.260 e. The summed E-state index contributed by atoms with van der Waals surface area (Å²) in [7, 11) is 1.61. The molecule has 0 radical (unpaired) electrons. The minimum atomic E-state index is -0.465. The summed E-state index contributed by atoms with van der Waals surface area (Å²) in [5.41, 5.74) is 6.67. The molecule has 0 saturated carbocycles. The zero-order valence-electron chi connectivity index (χ0n) is 9.80. The first-order valence-electron chi connectivity index (χ1n) is 5.32. The summed E-state index contributed by atoms with van der Waals surface area (Å²) in [5.74, 6) is -0.770. The molecule has 0 aliphatic carbocycles. The van der Waals surface area contributed by atoms with E-state index in [2.05, 4.69) is 4.98 Å². The molecule has 2 rings (SSSR count). The molecule has 2 N–H and O–H groups in total. The summed E-state index contributed by atoms with van der Waals surface area (Å²) in [4.78, 5) is 17.5. The number of nitrogen functional groups attached to an aromatic ring is 1. The van der Waals surface area contributed by atoms with E-state index in [9.17, 15) is 9.18 Å². The highest BCUT2D eigenvalue weighted by molar-refractivity contribution is 6.08. The third-order valence-corrected chi connectivity index (χ3v) is 2.58. The molecular weight excluding hydrogens is 233 g/mol. The van der Waals surface area contributed by atoms with Gasteiger partial charge in [-0.05, 0) is 30.3 Å². The van der Waals surface area contributed by atoms with E-state index in [-0.39, 0.29) is 17.2 Å². The normalized spacial score (nSPS) is 10.1. The summed E-state index contributed by atoms with van der Waals surface area (Å²) in [6.07, 6.45) is 3.19. The largest absolute Gasteiger partial charge is 0.398 e. The summed E-state index contributed by atoms with van der Waals surface area (Å²) in [6.45, 7) is 0. The molecule has 92 valence electrons. The van der Waals surface area contributed by atoms with E-state index in [4.69, 9.17) is 5.73 Å². The van der Waals surface area contributed by atoms with Gasteiger partial charge >= 0.3 is 0 Å². The molecule has 5 heteroatoms. The predicted octanol–water partition coefficient (Wildman–Crippen LogP) is 2.08. The van der Waals surface area contributed by atoms with Gasteiger partial charge in [-0.3, -0.25) is 9.78 Å². The van der Waals surface area contributed by atoms with E-state index in [0.29, 0.717) is 5.69 Å². The highest BCUT2D eigenvalue weighted by atomic mass is 19.1. The summed E-state index contributed by atoms with van der Waals surface area (Å²) in [6, 6.07) is 7.20. The Morgan fingerprint density at radius 2 is 2.17 bits per heavy atom. The van der Waals surface area contributed by atoms with E-state index in [0.717, 1.165) is 6.07 Å². The van der Waals surface area contributed by atoms with Crippen molar-refractivity contribution in [1.29, 1.82) is 0 Å². The molecule has 4 nitrogen and oxygen atoms in total. The van der Waals surface area contributed by atoms with Crippen LogP contribution in [0.1, 0.15) is 10.4 Å². The first kappa shape index (κ1) is 12.0. The molecule has 0 fully saturated rings. The number of halogens is 1. The Morgan fingerprint density at radius 3 is 2.78 bits per heavy atom. The van der Waals surface area contributed by atoms with E-state index < -0.39 is 5.82 Å². The molecule has 0 aliphatic rings. The van der Waals surface area contributed by atoms with Crippen molar-refractivity contribution in [3.63, 3.8) is 0 Å². The second-order valence-electron chi connectivity index (χ2n) is 3.81. The fourth-order valence-corrected chi connectivity index (χ4v) is 1.58. The number of anilines is 2. The van der Waals surface area contributed by atoms with Crippen LogP contribution in [0.25, 0.3) is 0 Å². The van der Waals surface area contributed by atoms with Crippen LogP contribution in [0.5, 0.6) is 0 Å². The average molecular weight is 245 g/mol. The van der Waals surface area contributed by atoms with E-state index in [1.807, 2.05) is 0 Å². The fourth-order valence-electron chi connectivity index (χ4n) is 1.58. The van der Waals surface area contributed by atoms with Crippen LogP contribution in [0, 0.1) is 5.82 Å². The Morgan fingerprint density at radius 1 is 1.39 bits per heavy atom. The lowest BCUT2D eigenvalue weighted by Crippen LogP contribution is -2.27. The third-order valence-electron chi connectivity index (χ3n) is 2.58. The van der Waals surface area contributed by atoms with E-state index in [1.54, 1.807) is 31.6 Å². The van der Waals surface area contributed by atoms with Gasteiger partial charge in [-0.15, -0.1) is 0 Å². The first-order chi connectivity index (χ1) is 8.59. The highest BCUT2D eigenvalue weighted by Crippen LogP contribution is 2.18. The number of hydrogen-bond donors (Lipinski definition) is 1. The number of carbonyl (C=O) groups excluding carboxylic acids is 1. The molecule has 1 heterocycles. The predicted molar refractivity (Wildman–Crippen MR) is 67.8 cm³/mol. The molecule has 0 spiro atoms. The number of benzene rings is 1. The van der Waals surface area contributed by atoms with Crippen molar-refractivity contribution in [1.82, 2.24) is 4.98 Å². The van der Waals surface area contributed by atoms with Gasteiger partial charge in [0.15, 0.2) is 0 Å². The maximum atomic E-state index is 12.9. The minimum Gasteiger partial charge on any atom is -0.398 e. The maximum absolute atomic E-state index is 12.9. The Balaban J connectivity index is 2.32. The van der Waals surface area contributed by atoms with Crippen molar-refractivity contribution in [3.8, 4) is 0 Å². The topological polar surface area (TPSA) is 59.2 Å². The quantitative estimate of drug-likeness (QED) is 0.824. The zero-order valence-corrected chi connectivity index (χ0v) is 9.80. The monoisotopic (exact) mass is 245 g/mol. The molecule has 0 atom stereocenters. The molecule has 0 unspecified atom stereocenters. The van der Waals surface area contributed by atoms with Crippen LogP contribution >= 0.6 is 0 Å². The second kappa shape index (κ2) is 4.83. The zero-order chi connectivity index (χ0) is 13.1. The lowest BCUT2D eigenvalue weighted by atomic mass is 10.1. The maximum Gasteiger partial charge on any atom is 0.260 e. The standard InChI is InChI=1S/C13H12FN3O/c1-17(10-3-2-6-16-8-10)13(18)11-5-4-9(14)7-12(11)15/h2-8H,15H2,1H3. The Labute approximate surface area is 104 Å². The number of hydrogen-bond acceptors (Lipinski definition) is 3. The van der Waals surface area contributed by atoms with Crippen LogP contribution in [0.2, 0.25) is 0 Å². The van der Waals surface area contributed by atoms with Crippen molar-refractivity contribution >= 4 is 17.3 Å². The van der Waals surface area contributed by atoms with Gasteiger partial charge in [0.2, 0.25) is 0 Å². The number of pyridine rings is 1.